The fraction of sp³-hybridized carbons (Fsp3) is 0.385. The molecule has 2 aliphatic rings. The molecular formula is C26H29N5O2. The van der Waals surface area contributed by atoms with Crippen LogP contribution < -0.4 is 0 Å². The number of carboxylic acids is 1. The number of H-pyrrole nitrogens is 1. The van der Waals surface area contributed by atoms with Gasteiger partial charge in [-0.2, -0.15) is 0 Å². The number of carboxylic acid groups (broad SMARTS) is 1. The third-order valence-electron chi connectivity index (χ3n) is 6.68. The molecule has 4 heterocycles. The number of nitrogens with zero attached hydrogens (tertiary/aromatic N) is 4. The van der Waals surface area contributed by atoms with Crippen molar-refractivity contribution in [2.24, 2.45) is 16.8 Å². The first-order chi connectivity index (χ1) is 16.0. The highest BCUT2D eigenvalue weighted by Crippen LogP contribution is 2.28. The molecule has 5 rings (SSSR count). The van der Waals surface area contributed by atoms with Crippen molar-refractivity contribution in [3.05, 3.63) is 54.0 Å². The second kappa shape index (κ2) is 8.81. The Kier molecular flexibility index (Phi) is 5.70. The van der Waals surface area contributed by atoms with Gasteiger partial charge in [0, 0.05) is 37.5 Å². The van der Waals surface area contributed by atoms with Gasteiger partial charge in [0.05, 0.1) is 22.6 Å². The molecule has 1 fully saturated rings. The van der Waals surface area contributed by atoms with Gasteiger partial charge < -0.3 is 15.0 Å². The molecule has 2 aromatic heterocycles. The van der Waals surface area contributed by atoms with Gasteiger partial charge in [0.25, 0.3) is 0 Å². The third kappa shape index (κ3) is 4.40. The van der Waals surface area contributed by atoms with Gasteiger partial charge in [0.15, 0.2) is 0 Å². The van der Waals surface area contributed by atoms with E-state index in [0.29, 0.717) is 12.5 Å². The fourth-order valence-corrected chi connectivity index (χ4v) is 4.84. The van der Waals surface area contributed by atoms with Crippen LogP contribution in [0.15, 0.2) is 47.7 Å². The fourth-order valence-electron chi connectivity index (χ4n) is 4.84. The topological polar surface area (TPSA) is 94.5 Å². The zero-order chi connectivity index (χ0) is 22.9. The van der Waals surface area contributed by atoms with Crippen molar-refractivity contribution in [2.45, 2.75) is 39.5 Å². The summed E-state index contributed by atoms with van der Waals surface area (Å²) < 4.78 is 0. The molecule has 2 aliphatic heterocycles. The molecule has 2 N–H and O–H groups in total. The smallest absolute Gasteiger partial charge is 0.308 e. The first kappa shape index (κ1) is 21.4. The van der Waals surface area contributed by atoms with Crippen molar-refractivity contribution in [1.29, 1.82) is 0 Å². The van der Waals surface area contributed by atoms with Gasteiger partial charge in [-0.05, 0) is 60.6 Å². The number of allylic oxidation sites excluding steroid dienone is 1. The normalized spacial score (nSPS) is 21.1. The quantitative estimate of drug-likeness (QED) is 0.606. The predicted octanol–water partition coefficient (Wildman–Crippen LogP) is 4.76. The van der Waals surface area contributed by atoms with Crippen molar-refractivity contribution in [1.82, 2.24) is 19.9 Å². The number of aliphatic imine (C=N–C) groups is 1. The molecule has 0 radical (unpaired) electrons. The zero-order valence-electron chi connectivity index (χ0n) is 19.1. The molecule has 3 aromatic rings. The lowest BCUT2D eigenvalue weighted by Crippen LogP contribution is -2.45. The average Bonchev–Trinajstić information content (AvgIpc) is 3.27. The summed E-state index contributed by atoms with van der Waals surface area (Å²) in [5, 5.41) is 9.44. The van der Waals surface area contributed by atoms with Crippen molar-refractivity contribution < 1.29 is 9.90 Å². The van der Waals surface area contributed by atoms with E-state index in [9.17, 15) is 9.90 Å². The summed E-state index contributed by atoms with van der Waals surface area (Å²) in [6, 6.07) is 10.4. The van der Waals surface area contributed by atoms with Crippen LogP contribution >= 0.6 is 0 Å². The number of carbonyl (C=O) groups is 1. The molecule has 7 heteroatoms. The Morgan fingerprint density at radius 2 is 2.09 bits per heavy atom. The highest BCUT2D eigenvalue weighted by atomic mass is 16.4. The Hall–Kier alpha value is -3.48. The lowest BCUT2D eigenvalue weighted by molar-refractivity contribution is -0.143. The summed E-state index contributed by atoms with van der Waals surface area (Å²) in [6.45, 7) is 5.68. The molecule has 33 heavy (non-hydrogen) atoms. The number of aliphatic carboxylic acids is 1. The number of fused-ring (bicyclic) bond motifs is 1. The van der Waals surface area contributed by atoms with E-state index in [-0.39, 0.29) is 5.92 Å². The van der Waals surface area contributed by atoms with E-state index in [1.807, 2.05) is 24.5 Å². The molecule has 7 nitrogen and oxygen atoms in total. The summed E-state index contributed by atoms with van der Waals surface area (Å²) in [5.41, 5.74) is 6.26. The lowest BCUT2D eigenvalue weighted by atomic mass is 9.90. The number of hydrogen-bond acceptors (Lipinski definition) is 5. The molecule has 1 aromatic carbocycles. The van der Waals surface area contributed by atoms with E-state index < -0.39 is 5.97 Å². The number of nitrogens with one attached hydrogen (secondary N) is 1. The van der Waals surface area contributed by atoms with Crippen LogP contribution in [0.5, 0.6) is 0 Å². The van der Waals surface area contributed by atoms with Crippen LogP contribution in [0.3, 0.4) is 0 Å². The van der Waals surface area contributed by atoms with Crippen LogP contribution in [0.1, 0.15) is 44.4 Å². The van der Waals surface area contributed by atoms with Gasteiger partial charge in [-0.3, -0.25) is 9.78 Å². The van der Waals surface area contributed by atoms with Gasteiger partial charge in [0.2, 0.25) is 0 Å². The summed E-state index contributed by atoms with van der Waals surface area (Å²) in [5.74, 6) is 1.14. The number of aromatic nitrogens is 3. The summed E-state index contributed by atoms with van der Waals surface area (Å²) in [7, 11) is 0. The number of benzene rings is 1. The largest absolute Gasteiger partial charge is 0.481 e. The number of aryl methyl sites for hydroxylation is 1. The van der Waals surface area contributed by atoms with Crippen LogP contribution in [-0.4, -0.2) is 49.9 Å². The van der Waals surface area contributed by atoms with E-state index >= 15 is 0 Å². The van der Waals surface area contributed by atoms with E-state index in [0.717, 1.165) is 71.8 Å². The lowest BCUT2D eigenvalue weighted by Gasteiger charge is -2.37. The van der Waals surface area contributed by atoms with Gasteiger partial charge in [-0.25, -0.2) is 9.98 Å². The Labute approximate surface area is 193 Å². The molecule has 0 amide bonds. The Balaban J connectivity index is 1.32. The van der Waals surface area contributed by atoms with Gasteiger partial charge in [-0.1, -0.05) is 19.9 Å². The number of aromatic amines is 1. The SMILES string of the molecule is CCc1ccc2nc(-c3ccc(C4=CN=C(N5CC(C)CC(C(=O)O)C5)CC4)nc3)[nH]c2c1. The first-order valence-corrected chi connectivity index (χ1v) is 11.7. The Morgan fingerprint density at radius 3 is 2.79 bits per heavy atom. The average molecular weight is 444 g/mol. The minimum atomic E-state index is -0.710. The van der Waals surface area contributed by atoms with E-state index in [1.165, 1.54) is 5.56 Å². The molecular weight excluding hydrogens is 414 g/mol. The summed E-state index contributed by atoms with van der Waals surface area (Å²) in [4.78, 5) is 31.1. The minimum absolute atomic E-state index is 0.317. The number of piperidine rings is 1. The third-order valence-corrected chi connectivity index (χ3v) is 6.68. The van der Waals surface area contributed by atoms with Crippen molar-refractivity contribution in [2.75, 3.05) is 13.1 Å². The van der Waals surface area contributed by atoms with Gasteiger partial charge >= 0.3 is 5.97 Å². The molecule has 170 valence electrons. The summed E-state index contributed by atoms with van der Waals surface area (Å²) >= 11 is 0. The second-order valence-electron chi connectivity index (χ2n) is 9.20. The highest BCUT2D eigenvalue weighted by Gasteiger charge is 2.31. The van der Waals surface area contributed by atoms with Crippen LogP contribution in [0.4, 0.5) is 0 Å². The number of pyridine rings is 1. The molecule has 2 unspecified atom stereocenters. The Bertz CT molecular complexity index is 1240. The number of amidine groups is 1. The monoisotopic (exact) mass is 443 g/mol. The Morgan fingerprint density at radius 1 is 1.21 bits per heavy atom. The van der Waals surface area contributed by atoms with Crippen molar-refractivity contribution in [3.8, 4) is 11.4 Å². The molecule has 0 saturated carbocycles. The minimum Gasteiger partial charge on any atom is -0.481 e. The standard InChI is InChI=1S/C26H29N5O2/c1-3-17-4-7-22-23(11-17)30-25(29-22)19-5-8-21(27-13-19)18-6-9-24(28-12-18)31-14-16(2)10-20(15-31)26(32)33/h4-5,7-8,11-13,16,20H,3,6,9-10,14-15H2,1-2H3,(H,29,30)(H,32,33). The molecule has 1 saturated heterocycles. The first-order valence-electron chi connectivity index (χ1n) is 11.7. The van der Waals surface area contributed by atoms with Crippen LogP contribution in [0.25, 0.3) is 28.0 Å². The van der Waals surface area contributed by atoms with E-state index in [4.69, 9.17) is 9.98 Å². The zero-order valence-corrected chi connectivity index (χ0v) is 19.1. The van der Waals surface area contributed by atoms with Gasteiger partial charge in [0.1, 0.15) is 11.7 Å². The van der Waals surface area contributed by atoms with Crippen molar-refractivity contribution in [3.63, 3.8) is 0 Å². The van der Waals surface area contributed by atoms with E-state index in [1.54, 1.807) is 0 Å². The molecule has 0 aliphatic carbocycles. The van der Waals surface area contributed by atoms with Crippen LogP contribution in [0.2, 0.25) is 0 Å². The second-order valence-corrected chi connectivity index (χ2v) is 9.20. The van der Waals surface area contributed by atoms with Crippen LogP contribution in [0, 0.1) is 11.8 Å². The highest BCUT2D eigenvalue weighted by molar-refractivity contribution is 5.88. The van der Waals surface area contributed by atoms with E-state index in [2.05, 4.69) is 46.9 Å². The number of imidazole rings is 1. The molecule has 2 atom stereocenters. The predicted molar refractivity (Wildman–Crippen MR) is 130 cm³/mol. The number of hydrogen-bond donors (Lipinski definition) is 2. The summed E-state index contributed by atoms with van der Waals surface area (Å²) in [6.07, 6.45) is 7.13. The molecule has 0 spiro atoms. The maximum Gasteiger partial charge on any atom is 0.308 e. The van der Waals surface area contributed by atoms with Crippen LogP contribution in [-0.2, 0) is 11.2 Å². The van der Waals surface area contributed by atoms with Gasteiger partial charge in [-0.15, -0.1) is 0 Å². The number of rotatable bonds is 4. The maximum absolute atomic E-state index is 11.5. The van der Waals surface area contributed by atoms with Crippen molar-refractivity contribution >= 4 is 28.4 Å². The maximum atomic E-state index is 11.5. The number of likely N-dealkylation sites (tertiary alicyclic amines) is 1. The molecule has 0 bridgehead atoms.